The second-order valence-electron chi connectivity index (χ2n) is 4.22. The Labute approximate surface area is 121 Å². The second-order valence-corrected chi connectivity index (χ2v) is 6.78. The highest BCUT2D eigenvalue weighted by atomic mass is 32.2. The summed E-state index contributed by atoms with van der Waals surface area (Å²) in [6.45, 7) is 6.52. The molecule has 0 radical (unpaired) electrons. The lowest BCUT2D eigenvalue weighted by Gasteiger charge is -2.05. The van der Waals surface area contributed by atoms with Gasteiger partial charge in [-0.25, -0.2) is 0 Å². The SMILES string of the molecule is CCCNCc1ccc(SCCCSCC)cc1. The Balaban J connectivity index is 2.19. The summed E-state index contributed by atoms with van der Waals surface area (Å²) in [6, 6.07) is 8.98. The molecule has 0 amide bonds. The lowest BCUT2D eigenvalue weighted by atomic mass is 10.2. The monoisotopic (exact) mass is 283 g/mol. The number of thioether (sulfide) groups is 2. The van der Waals surface area contributed by atoms with Gasteiger partial charge in [-0.3, -0.25) is 0 Å². The lowest BCUT2D eigenvalue weighted by molar-refractivity contribution is 0.675. The van der Waals surface area contributed by atoms with E-state index in [1.165, 1.54) is 40.6 Å². The van der Waals surface area contributed by atoms with E-state index in [-0.39, 0.29) is 0 Å². The van der Waals surface area contributed by atoms with Crippen LogP contribution in [0.4, 0.5) is 0 Å². The van der Waals surface area contributed by atoms with E-state index >= 15 is 0 Å². The van der Waals surface area contributed by atoms with Crippen LogP contribution in [0.3, 0.4) is 0 Å². The van der Waals surface area contributed by atoms with Gasteiger partial charge in [0.05, 0.1) is 0 Å². The number of hydrogen-bond donors (Lipinski definition) is 1. The summed E-state index contributed by atoms with van der Waals surface area (Å²) < 4.78 is 0. The third-order valence-electron chi connectivity index (χ3n) is 2.59. The van der Waals surface area contributed by atoms with Gasteiger partial charge in [0.15, 0.2) is 0 Å². The van der Waals surface area contributed by atoms with Crippen LogP contribution in [0, 0.1) is 0 Å². The van der Waals surface area contributed by atoms with Crippen molar-refractivity contribution in [2.45, 2.75) is 38.1 Å². The van der Waals surface area contributed by atoms with Crippen LogP contribution in [-0.2, 0) is 6.54 Å². The summed E-state index contributed by atoms with van der Waals surface area (Å²) in [7, 11) is 0. The standard InChI is InChI=1S/C15H25NS2/c1-3-10-16-13-14-6-8-15(9-7-14)18-12-5-11-17-4-2/h6-9,16H,3-5,10-13H2,1-2H3. The first-order valence-corrected chi connectivity index (χ1v) is 9.01. The molecular weight excluding hydrogens is 258 g/mol. The predicted octanol–water partition coefficient (Wildman–Crippen LogP) is 4.42. The average molecular weight is 284 g/mol. The van der Waals surface area contributed by atoms with E-state index in [0.29, 0.717) is 0 Å². The van der Waals surface area contributed by atoms with Gasteiger partial charge in [0, 0.05) is 11.4 Å². The van der Waals surface area contributed by atoms with Gasteiger partial charge in [-0.15, -0.1) is 11.8 Å². The molecule has 0 aromatic heterocycles. The van der Waals surface area contributed by atoms with Crippen LogP contribution >= 0.6 is 23.5 Å². The Hall–Kier alpha value is -0.120. The molecular formula is C15H25NS2. The molecule has 0 saturated carbocycles. The first-order valence-electron chi connectivity index (χ1n) is 6.87. The van der Waals surface area contributed by atoms with E-state index in [1.54, 1.807) is 0 Å². The van der Waals surface area contributed by atoms with Crippen LogP contribution in [0.2, 0.25) is 0 Å². The third kappa shape index (κ3) is 7.34. The van der Waals surface area contributed by atoms with E-state index in [2.05, 4.69) is 43.4 Å². The molecule has 1 N–H and O–H groups in total. The second kappa shape index (κ2) is 10.8. The van der Waals surface area contributed by atoms with Crippen molar-refractivity contribution < 1.29 is 0 Å². The molecule has 1 rings (SSSR count). The quantitative estimate of drug-likeness (QED) is 0.504. The van der Waals surface area contributed by atoms with Gasteiger partial charge in [0.2, 0.25) is 0 Å². The molecule has 0 saturated heterocycles. The number of rotatable bonds is 10. The largest absolute Gasteiger partial charge is 0.313 e. The van der Waals surface area contributed by atoms with Crippen LogP contribution in [0.25, 0.3) is 0 Å². The van der Waals surface area contributed by atoms with E-state index in [1.807, 2.05) is 23.5 Å². The van der Waals surface area contributed by atoms with Crippen molar-refractivity contribution in [3.05, 3.63) is 29.8 Å². The smallest absolute Gasteiger partial charge is 0.0205 e. The van der Waals surface area contributed by atoms with E-state index in [4.69, 9.17) is 0 Å². The van der Waals surface area contributed by atoms with Crippen LogP contribution in [-0.4, -0.2) is 23.8 Å². The van der Waals surface area contributed by atoms with Crippen molar-refractivity contribution in [3.63, 3.8) is 0 Å². The summed E-state index contributed by atoms with van der Waals surface area (Å²) in [5, 5.41) is 3.43. The average Bonchev–Trinajstić information content (AvgIpc) is 2.40. The molecule has 0 spiro atoms. The molecule has 0 fully saturated rings. The number of nitrogens with one attached hydrogen (secondary N) is 1. The fourth-order valence-corrected chi connectivity index (χ4v) is 3.28. The van der Waals surface area contributed by atoms with Gasteiger partial charge in [-0.1, -0.05) is 26.0 Å². The molecule has 0 aliphatic carbocycles. The van der Waals surface area contributed by atoms with Crippen LogP contribution < -0.4 is 5.32 Å². The topological polar surface area (TPSA) is 12.0 Å². The highest BCUT2D eigenvalue weighted by molar-refractivity contribution is 8.00. The Morgan fingerprint density at radius 2 is 1.83 bits per heavy atom. The fraction of sp³-hybridized carbons (Fsp3) is 0.600. The summed E-state index contributed by atoms with van der Waals surface area (Å²) >= 11 is 4.01. The van der Waals surface area contributed by atoms with Crippen LogP contribution in [0.1, 0.15) is 32.3 Å². The molecule has 0 aliphatic rings. The zero-order valence-corrected chi connectivity index (χ0v) is 13.2. The van der Waals surface area contributed by atoms with Crippen LogP contribution in [0.5, 0.6) is 0 Å². The molecule has 0 heterocycles. The molecule has 102 valence electrons. The summed E-state index contributed by atoms with van der Waals surface area (Å²) in [4.78, 5) is 1.40. The molecule has 3 heteroatoms. The maximum Gasteiger partial charge on any atom is 0.0205 e. The summed E-state index contributed by atoms with van der Waals surface area (Å²) in [5.41, 5.74) is 1.38. The maximum atomic E-state index is 3.43. The lowest BCUT2D eigenvalue weighted by Crippen LogP contribution is -2.13. The van der Waals surface area contributed by atoms with Crippen LogP contribution in [0.15, 0.2) is 29.2 Å². The Kier molecular flexibility index (Phi) is 9.54. The van der Waals surface area contributed by atoms with Crippen molar-refractivity contribution in [3.8, 4) is 0 Å². The zero-order chi connectivity index (χ0) is 13.1. The predicted molar refractivity (Wildman–Crippen MR) is 86.8 cm³/mol. The van der Waals surface area contributed by atoms with Crippen molar-refractivity contribution in [1.82, 2.24) is 5.32 Å². The minimum absolute atomic E-state index is 0.992. The maximum absolute atomic E-state index is 3.43. The molecule has 1 nitrogen and oxygen atoms in total. The van der Waals surface area contributed by atoms with Crippen molar-refractivity contribution >= 4 is 23.5 Å². The molecule has 1 aromatic carbocycles. The number of benzene rings is 1. The van der Waals surface area contributed by atoms with Gasteiger partial charge in [-0.2, -0.15) is 11.8 Å². The Morgan fingerprint density at radius 3 is 2.50 bits per heavy atom. The van der Waals surface area contributed by atoms with Crippen molar-refractivity contribution in [2.75, 3.05) is 23.8 Å². The van der Waals surface area contributed by atoms with E-state index in [0.717, 1.165) is 13.1 Å². The van der Waals surface area contributed by atoms with E-state index in [9.17, 15) is 0 Å². The molecule has 18 heavy (non-hydrogen) atoms. The molecule has 0 atom stereocenters. The van der Waals surface area contributed by atoms with Gasteiger partial charge in [0.25, 0.3) is 0 Å². The molecule has 1 aromatic rings. The molecule has 0 unspecified atom stereocenters. The molecule has 0 bridgehead atoms. The van der Waals surface area contributed by atoms with Gasteiger partial charge in [-0.05, 0) is 54.3 Å². The van der Waals surface area contributed by atoms with Gasteiger partial charge in [0.1, 0.15) is 0 Å². The van der Waals surface area contributed by atoms with Gasteiger partial charge < -0.3 is 5.32 Å². The normalized spacial score (nSPS) is 10.8. The minimum Gasteiger partial charge on any atom is -0.313 e. The Morgan fingerprint density at radius 1 is 1.06 bits per heavy atom. The minimum atomic E-state index is 0.992. The Bertz CT molecular complexity index is 298. The summed E-state index contributed by atoms with van der Waals surface area (Å²) in [5.74, 6) is 3.77. The fourth-order valence-electron chi connectivity index (χ4n) is 1.61. The zero-order valence-electron chi connectivity index (χ0n) is 11.6. The first kappa shape index (κ1) is 15.9. The highest BCUT2D eigenvalue weighted by Crippen LogP contribution is 2.20. The van der Waals surface area contributed by atoms with Gasteiger partial charge >= 0.3 is 0 Å². The molecule has 0 aliphatic heterocycles. The van der Waals surface area contributed by atoms with Crippen molar-refractivity contribution in [2.24, 2.45) is 0 Å². The summed E-state index contributed by atoms with van der Waals surface area (Å²) in [6.07, 6.45) is 2.51. The number of hydrogen-bond acceptors (Lipinski definition) is 3. The third-order valence-corrected chi connectivity index (χ3v) is 4.67. The first-order chi connectivity index (χ1) is 8.86. The van der Waals surface area contributed by atoms with E-state index < -0.39 is 0 Å². The van der Waals surface area contributed by atoms with Crippen molar-refractivity contribution in [1.29, 1.82) is 0 Å². The highest BCUT2D eigenvalue weighted by Gasteiger charge is 1.96.